The average molecular weight is 608 g/mol. The molecule has 0 radical (unpaired) electrons. The zero-order chi connectivity index (χ0) is 25.1. The quantitative estimate of drug-likeness (QED) is 0.0982. The maximum atomic E-state index is 10.00. The summed E-state index contributed by atoms with van der Waals surface area (Å²) in [4.78, 5) is 37.3. The summed E-state index contributed by atoms with van der Waals surface area (Å²) in [5.41, 5.74) is 0. The Bertz CT molecular complexity index is 677. The van der Waals surface area contributed by atoms with Gasteiger partial charge in [-0.05, 0) is 0 Å². The molecule has 9 atom stereocenters. The second-order valence-electron chi connectivity index (χ2n) is 6.54. The third kappa shape index (κ3) is 13.9. The summed E-state index contributed by atoms with van der Waals surface area (Å²) >= 11 is 0. The van der Waals surface area contributed by atoms with E-state index in [0.29, 0.717) is 0 Å². The monoisotopic (exact) mass is 608 g/mol. The number of aliphatic hydroxyl groups is 8. The second-order valence-corrected chi connectivity index (χ2v) is 8.98. The Kier molecular flexibility index (Phi) is 25.9. The molecule has 0 saturated carbocycles. The van der Waals surface area contributed by atoms with Crippen molar-refractivity contribution in [3.8, 4) is 0 Å². The molecule has 0 aliphatic carbocycles. The summed E-state index contributed by atoms with van der Waals surface area (Å²) in [6, 6.07) is 0. The van der Waals surface area contributed by atoms with Gasteiger partial charge < -0.3 is 88.1 Å². The Labute approximate surface area is 292 Å². The van der Waals surface area contributed by atoms with Crippen LogP contribution in [-0.4, -0.2) is 115 Å². The van der Waals surface area contributed by atoms with E-state index < -0.39 is 90.3 Å². The normalized spacial score (nSPS) is 36.1. The van der Waals surface area contributed by atoms with Crippen molar-refractivity contribution in [2.24, 2.45) is 0 Å². The average Bonchev–Trinajstić information content (AvgIpc) is 2.91. The van der Waals surface area contributed by atoms with Crippen LogP contribution in [0, 0.1) is 0 Å². The molecule has 2 heterocycles. The third-order valence-electron chi connectivity index (χ3n) is 4.27. The van der Waals surface area contributed by atoms with Gasteiger partial charge in [0.2, 0.25) is 5.79 Å². The zero-order valence-electron chi connectivity index (χ0n) is 19.8. The van der Waals surface area contributed by atoms with Gasteiger partial charge in [0.1, 0.15) is 49.3 Å². The molecule has 0 aromatic carbocycles. The van der Waals surface area contributed by atoms with Gasteiger partial charge in [-0.2, -0.15) is 0 Å². The van der Waals surface area contributed by atoms with Crippen LogP contribution in [0.25, 0.3) is 0 Å². The van der Waals surface area contributed by atoms with E-state index in [1.165, 1.54) is 0 Å². The van der Waals surface area contributed by atoms with Gasteiger partial charge in [0, 0.05) is 0 Å². The van der Waals surface area contributed by atoms with E-state index in [-0.39, 0.29) is 118 Å². The van der Waals surface area contributed by atoms with Gasteiger partial charge in [0.25, 0.3) is 0 Å². The largest absolute Gasteiger partial charge is 1.00 e. The fourth-order valence-corrected chi connectivity index (χ4v) is 3.73. The summed E-state index contributed by atoms with van der Waals surface area (Å²) in [6.45, 7) is -2.32. The predicted octanol–water partition coefficient (Wildman–Crippen LogP) is -20.7. The molecule has 0 aromatic rings. The van der Waals surface area contributed by atoms with Crippen LogP contribution in [0.15, 0.2) is 0 Å². The molecule has 24 heteroatoms. The minimum atomic E-state index is -5.68. The molecule has 0 bridgehead atoms. The number of aliphatic hydroxyl groups excluding tert-OH is 8. The first-order valence-corrected chi connectivity index (χ1v) is 11.4. The molecule has 2 aliphatic rings. The Balaban J connectivity index is -0.000000343. The molecule has 0 amide bonds. The Hall–Kier alpha value is 3.82. The molecule has 8 N–H and O–H groups in total. The molecule has 2 aliphatic heterocycles. The van der Waals surface area contributed by atoms with Crippen LogP contribution in [-0.2, 0) is 27.7 Å². The predicted molar refractivity (Wildman–Crippen MR) is 84.9 cm³/mol. The second kappa shape index (κ2) is 19.9. The van der Waals surface area contributed by atoms with E-state index in [0.717, 1.165) is 0 Å². The van der Waals surface area contributed by atoms with Crippen molar-refractivity contribution in [1.29, 1.82) is 0 Å². The number of ether oxygens (including phenoxy) is 3. The van der Waals surface area contributed by atoms with Crippen LogP contribution in [0.1, 0.15) is 0 Å². The molecule has 18 nitrogen and oxygen atoms in total. The van der Waals surface area contributed by atoms with E-state index in [9.17, 15) is 59.3 Å². The van der Waals surface area contributed by atoms with Gasteiger partial charge in [0.05, 0.1) is 28.9 Å². The van der Waals surface area contributed by atoms with E-state index in [2.05, 4.69) is 4.31 Å². The number of phosphoric acid groups is 2. The fourth-order valence-electron chi connectivity index (χ4n) is 2.75. The van der Waals surface area contributed by atoms with Crippen LogP contribution in [0.3, 0.4) is 0 Å². The van der Waals surface area contributed by atoms with Crippen LogP contribution < -0.4 is 138 Å². The van der Waals surface area contributed by atoms with E-state index in [1.54, 1.807) is 0 Å². The van der Waals surface area contributed by atoms with Crippen molar-refractivity contribution in [2.45, 2.75) is 54.8 Å². The van der Waals surface area contributed by atoms with Crippen LogP contribution >= 0.6 is 15.6 Å². The summed E-state index contributed by atoms with van der Waals surface area (Å²) < 4.78 is 36.6. The molecule has 0 aromatic heterocycles. The van der Waals surface area contributed by atoms with Crippen molar-refractivity contribution in [3.63, 3.8) is 0 Å². The topological polar surface area (TPSA) is 325 Å². The molecule has 0 spiro atoms. The Morgan fingerprint density at radius 1 is 0.722 bits per heavy atom. The SMILES string of the molecule is O=P([O-])([O-])OP(=O)([O-])[O-].OC[C@H]1O[C@@](CO)(O[C@H]2O[C@H](CO)[C@@H](O)[C@H](O)[C@H]2O)[C@@H](O)[C@@H]1O.[Na+].[Na+].[Na+].[Na+]. The molecule has 2 fully saturated rings. The summed E-state index contributed by atoms with van der Waals surface area (Å²) in [5, 5.41) is 76.7. The standard InChI is InChI=1S/C12H22O11.4Na.H4O7P2/c13-1-4-6(16)8(18)9(19)11(21-4)23-12(3-15)10(20)7(17)5(2-14)22-12;;;;;1-8(2,3)7-9(4,5)6/h4-11,13-20H,1-3H2;;;;;(H2,1,2,3)(H2,4,5,6)/q;4*+1;/p-4/t4-,5-,6-,7-,8+,9-,10+,11-,12+;;;;;/m1...../s1. The Morgan fingerprint density at radius 3 is 1.47 bits per heavy atom. The maximum absolute atomic E-state index is 10.00. The molecule has 0 unspecified atom stereocenters. The van der Waals surface area contributed by atoms with E-state index >= 15 is 0 Å². The smallest absolute Gasteiger partial charge is 0.790 e. The first-order chi connectivity index (χ1) is 14.5. The minimum Gasteiger partial charge on any atom is -0.790 e. The summed E-state index contributed by atoms with van der Waals surface area (Å²) in [6.07, 6.45) is -12.7. The van der Waals surface area contributed by atoms with Crippen LogP contribution in [0.2, 0.25) is 0 Å². The number of rotatable bonds is 7. The molecule has 2 rings (SSSR count). The third-order valence-corrected chi connectivity index (χ3v) is 5.87. The molecular formula is C12H22Na4O18P2. The molecule has 2 saturated heterocycles. The molecular weight excluding hydrogens is 586 g/mol. The first-order valence-electron chi connectivity index (χ1n) is 8.51. The van der Waals surface area contributed by atoms with E-state index in [1.807, 2.05) is 0 Å². The van der Waals surface area contributed by atoms with Crippen molar-refractivity contribution < 1.29 is 206 Å². The molecule has 192 valence electrons. The number of hydrogen-bond acceptors (Lipinski definition) is 18. The van der Waals surface area contributed by atoms with Crippen molar-refractivity contribution in [1.82, 2.24) is 0 Å². The Morgan fingerprint density at radius 2 is 1.17 bits per heavy atom. The van der Waals surface area contributed by atoms with Gasteiger partial charge in [-0.1, -0.05) is 0 Å². The van der Waals surface area contributed by atoms with Crippen molar-refractivity contribution in [3.05, 3.63) is 0 Å². The maximum Gasteiger partial charge on any atom is 1.00 e. The first kappa shape index (κ1) is 46.8. The van der Waals surface area contributed by atoms with Gasteiger partial charge >= 0.3 is 118 Å². The minimum absolute atomic E-state index is 0. The van der Waals surface area contributed by atoms with Gasteiger partial charge in [-0.15, -0.1) is 0 Å². The molecule has 36 heavy (non-hydrogen) atoms. The summed E-state index contributed by atoms with van der Waals surface area (Å²) in [5.74, 6) is -2.22. The van der Waals surface area contributed by atoms with Gasteiger partial charge in [0.15, 0.2) is 6.29 Å². The summed E-state index contributed by atoms with van der Waals surface area (Å²) in [7, 11) is -11.4. The van der Waals surface area contributed by atoms with Crippen molar-refractivity contribution >= 4 is 15.6 Å². The number of hydrogen-bond donors (Lipinski definition) is 8. The fraction of sp³-hybridized carbons (Fsp3) is 1.00. The van der Waals surface area contributed by atoms with Gasteiger partial charge in [-0.25, -0.2) is 0 Å². The van der Waals surface area contributed by atoms with Crippen LogP contribution in [0.5, 0.6) is 0 Å². The zero-order valence-corrected chi connectivity index (χ0v) is 29.6. The van der Waals surface area contributed by atoms with Crippen LogP contribution in [0.4, 0.5) is 0 Å². The van der Waals surface area contributed by atoms with E-state index in [4.69, 9.17) is 24.4 Å². The van der Waals surface area contributed by atoms with Gasteiger partial charge in [-0.3, -0.25) is 0 Å². The van der Waals surface area contributed by atoms with Crippen molar-refractivity contribution in [2.75, 3.05) is 19.8 Å².